The molecule has 0 aromatic rings. The molecule has 0 radical (unpaired) electrons. The zero-order chi connectivity index (χ0) is 12.7. The first-order valence-corrected chi connectivity index (χ1v) is 7.22. The Labute approximate surface area is 107 Å². The Kier molecular flexibility index (Phi) is 6.58. The summed E-state index contributed by atoms with van der Waals surface area (Å²) in [5.41, 5.74) is 0. The van der Waals surface area contributed by atoms with Crippen LogP contribution in [0.4, 0.5) is 0 Å². The molecule has 1 rings (SSSR count). The van der Waals surface area contributed by atoms with E-state index in [2.05, 4.69) is 19.2 Å². The molecule has 1 N–H and O–H groups in total. The van der Waals surface area contributed by atoms with Gasteiger partial charge in [0.25, 0.3) is 0 Å². The summed E-state index contributed by atoms with van der Waals surface area (Å²) in [6, 6.07) is -0.167. The molecule has 0 aromatic heterocycles. The van der Waals surface area contributed by atoms with Crippen LogP contribution >= 0.6 is 11.8 Å². The first-order chi connectivity index (χ1) is 8.13. The average Bonchev–Trinajstić information content (AvgIpc) is 2.80. The van der Waals surface area contributed by atoms with E-state index in [1.165, 1.54) is 0 Å². The van der Waals surface area contributed by atoms with Gasteiger partial charge in [-0.3, -0.25) is 10.1 Å². The Morgan fingerprint density at radius 1 is 1.59 bits per heavy atom. The van der Waals surface area contributed by atoms with Crippen LogP contribution in [0.2, 0.25) is 0 Å². The van der Waals surface area contributed by atoms with Gasteiger partial charge in [0.2, 0.25) is 0 Å². The number of esters is 1. The maximum absolute atomic E-state index is 11.6. The molecule has 98 valence electrons. The van der Waals surface area contributed by atoms with Crippen LogP contribution in [-0.4, -0.2) is 36.5 Å². The van der Waals surface area contributed by atoms with Crippen LogP contribution < -0.4 is 5.32 Å². The fraction of sp³-hybridized carbons (Fsp3) is 0.833. The fourth-order valence-electron chi connectivity index (χ4n) is 1.81. The van der Waals surface area contributed by atoms with Crippen LogP contribution in [0.25, 0.3) is 0 Å². The second kappa shape index (κ2) is 7.71. The number of aldehydes is 1. The molecule has 0 aromatic carbocycles. The largest absolute Gasteiger partial charge is 0.464 e. The lowest BCUT2D eigenvalue weighted by molar-refractivity contribution is -0.146. The highest BCUT2D eigenvalue weighted by Gasteiger charge is 2.24. The van der Waals surface area contributed by atoms with E-state index in [0.717, 1.165) is 24.3 Å². The summed E-state index contributed by atoms with van der Waals surface area (Å²) in [5.74, 6) is 1.90. The molecule has 0 spiro atoms. The molecule has 5 heteroatoms. The number of carbonyl (C=O) groups is 2. The SMILES string of the molecule is CC(C)CC(C=O)CCOC(=O)C1CSCN1. The third-order valence-corrected chi connectivity index (χ3v) is 3.64. The Bertz CT molecular complexity index is 252. The molecular weight excluding hydrogens is 238 g/mol. The number of rotatable bonds is 7. The highest BCUT2D eigenvalue weighted by atomic mass is 32.2. The van der Waals surface area contributed by atoms with E-state index in [4.69, 9.17) is 4.74 Å². The van der Waals surface area contributed by atoms with Crippen LogP contribution in [0.5, 0.6) is 0 Å². The molecule has 1 aliphatic rings. The summed E-state index contributed by atoms with van der Waals surface area (Å²) < 4.78 is 5.17. The van der Waals surface area contributed by atoms with Crippen molar-refractivity contribution in [2.24, 2.45) is 11.8 Å². The molecule has 1 aliphatic heterocycles. The summed E-state index contributed by atoms with van der Waals surface area (Å²) in [4.78, 5) is 22.4. The summed E-state index contributed by atoms with van der Waals surface area (Å²) >= 11 is 1.70. The highest BCUT2D eigenvalue weighted by molar-refractivity contribution is 7.99. The molecule has 1 fully saturated rings. The molecule has 0 amide bonds. The molecule has 1 saturated heterocycles. The van der Waals surface area contributed by atoms with Crippen molar-refractivity contribution in [1.82, 2.24) is 5.32 Å². The van der Waals surface area contributed by atoms with Crippen molar-refractivity contribution in [2.45, 2.75) is 32.7 Å². The van der Waals surface area contributed by atoms with Crippen molar-refractivity contribution in [3.05, 3.63) is 0 Å². The third-order valence-electron chi connectivity index (χ3n) is 2.70. The van der Waals surface area contributed by atoms with Gasteiger partial charge in [-0.15, -0.1) is 11.8 Å². The van der Waals surface area contributed by atoms with E-state index < -0.39 is 0 Å². The average molecular weight is 259 g/mol. The number of thioether (sulfide) groups is 1. The van der Waals surface area contributed by atoms with E-state index in [9.17, 15) is 9.59 Å². The molecule has 1 heterocycles. The van der Waals surface area contributed by atoms with Gasteiger partial charge in [-0.05, 0) is 18.8 Å². The highest BCUT2D eigenvalue weighted by Crippen LogP contribution is 2.14. The van der Waals surface area contributed by atoms with Gasteiger partial charge >= 0.3 is 5.97 Å². The standard InChI is InChI=1S/C12H21NO3S/c1-9(2)5-10(6-14)3-4-16-12(15)11-7-17-8-13-11/h6,9-11,13H,3-5,7-8H2,1-2H3. The van der Waals surface area contributed by atoms with Gasteiger partial charge in [-0.25, -0.2) is 0 Å². The van der Waals surface area contributed by atoms with E-state index in [1.807, 2.05) is 0 Å². The second-order valence-electron chi connectivity index (χ2n) is 4.75. The smallest absolute Gasteiger partial charge is 0.324 e. The minimum Gasteiger partial charge on any atom is -0.464 e. The van der Waals surface area contributed by atoms with Crippen molar-refractivity contribution in [3.8, 4) is 0 Å². The van der Waals surface area contributed by atoms with Gasteiger partial charge in [0.15, 0.2) is 0 Å². The predicted molar refractivity (Wildman–Crippen MR) is 68.8 cm³/mol. The summed E-state index contributed by atoms with van der Waals surface area (Å²) in [5, 5.41) is 3.06. The first-order valence-electron chi connectivity index (χ1n) is 6.06. The second-order valence-corrected chi connectivity index (χ2v) is 5.78. The van der Waals surface area contributed by atoms with Crippen molar-refractivity contribution in [3.63, 3.8) is 0 Å². The number of hydrogen-bond donors (Lipinski definition) is 1. The quantitative estimate of drug-likeness (QED) is 0.554. The van der Waals surface area contributed by atoms with Gasteiger partial charge in [0, 0.05) is 17.5 Å². The van der Waals surface area contributed by atoms with Gasteiger partial charge in [0.1, 0.15) is 12.3 Å². The lowest BCUT2D eigenvalue weighted by Crippen LogP contribution is -2.34. The van der Waals surface area contributed by atoms with E-state index in [0.29, 0.717) is 18.9 Å². The zero-order valence-electron chi connectivity index (χ0n) is 10.5. The molecule has 17 heavy (non-hydrogen) atoms. The number of hydrogen-bond acceptors (Lipinski definition) is 5. The molecule has 0 aliphatic carbocycles. The van der Waals surface area contributed by atoms with Crippen LogP contribution in [0.3, 0.4) is 0 Å². The monoisotopic (exact) mass is 259 g/mol. The van der Waals surface area contributed by atoms with Gasteiger partial charge in [-0.2, -0.15) is 0 Å². The maximum Gasteiger partial charge on any atom is 0.324 e. The lowest BCUT2D eigenvalue weighted by atomic mass is 9.96. The summed E-state index contributed by atoms with van der Waals surface area (Å²) in [7, 11) is 0. The summed E-state index contributed by atoms with van der Waals surface area (Å²) in [6.45, 7) is 4.52. The Balaban J connectivity index is 2.16. The van der Waals surface area contributed by atoms with E-state index in [1.54, 1.807) is 11.8 Å². The maximum atomic E-state index is 11.6. The summed E-state index contributed by atoms with van der Waals surface area (Å²) in [6.07, 6.45) is 2.46. The molecule has 0 saturated carbocycles. The number of carbonyl (C=O) groups excluding carboxylic acids is 2. The van der Waals surface area contributed by atoms with Crippen molar-refractivity contribution >= 4 is 24.0 Å². The fourth-order valence-corrected chi connectivity index (χ4v) is 2.73. The molecule has 0 bridgehead atoms. The minimum absolute atomic E-state index is 0.00807. The minimum atomic E-state index is -0.191. The van der Waals surface area contributed by atoms with Gasteiger partial charge in [-0.1, -0.05) is 13.8 Å². The Hall–Kier alpha value is -0.550. The van der Waals surface area contributed by atoms with Gasteiger partial charge in [0.05, 0.1) is 6.61 Å². The molecule has 2 unspecified atom stereocenters. The van der Waals surface area contributed by atoms with Crippen molar-refractivity contribution in [2.75, 3.05) is 18.2 Å². The van der Waals surface area contributed by atoms with E-state index >= 15 is 0 Å². The topological polar surface area (TPSA) is 55.4 Å². The lowest BCUT2D eigenvalue weighted by Gasteiger charge is -2.14. The van der Waals surface area contributed by atoms with Crippen LogP contribution in [0.15, 0.2) is 0 Å². The number of nitrogens with one attached hydrogen (secondary N) is 1. The molecule has 4 nitrogen and oxygen atoms in total. The Morgan fingerprint density at radius 3 is 2.88 bits per heavy atom. The zero-order valence-corrected chi connectivity index (χ0v) is 11.3. The van der Waals surface area contributed by atoms with Crippen molar-refractivity contribution < 1.29 is 14.3 Å². The Morgan fingerprint density at radius 2 is 2.35 bits per heavy atom. The normalized spacial score (nSPS) is 21.5. The number of ether oxygens (including phenoxy) is 1. The van der Waals surface area contributed by atoms with Crippen LogP contribution in [0, 0.1) is 11.8 Å². The molecular formula is C12H21NO3S. The van der Waals surface area contributed by atoms with Gasteiger partial charge < -0.3 is 9.53 Å². The van der Waals surface area contributed by atoms with Crippen molar-refractivity contribution in [1.29, 1.82) is 0 Å². The van der Waals surface area contributed by atoms with Crippen LogP contribution in [0.1, 0.15) is 26.7 Å². The predicted octanol–water partition coefficient (Wildman–Crippen LogP) is 1.44. The first kappa shape index (κ1) is 14.5. The van der Waals surface area contributed by atoms with E-state index in [-0.39, 0.29) is 17.9 Å². The molecule has 2 atom stereocenters. The third kappa shape index (κ3) is 5.55. The van der Waals surface area contributed by atoms with Crippen LogP contribution in [-0.2, 0) is 14.3 Å².